The van der Waals surface area contributed by atoms with E-state index in [1.165, 1.54) is 0 Å². The van der Waals surface area contributed by atoms with Crippen LogP contribution in [0.4, 0.5) is 0 Å². The molecule has 0 aliphatic carbocycles. The average molecular weight is 349 g/mol. The number of nitrogens with zero attached hydrogens (tertiary/aromatic N) is 2. The Bertz CT molecular complexity index is 635. The molecule has 0 radical (unpaired) electrons. The molecule has 1 aliphatic rings. The highest BCUT2D eigenvalue weighted by molar-refractivity contribution is 5.75. The van der Waals surface area contributed by atoms with Crippen molar-refractivity contribution in [1.82, 2.24) is 9.80 Å². The second-order valence-corrected chi connectivity index (χ2v) is 6.32. The van der Waals surface area contributed by atoms with Crippen molar-refractivity contribution in [2.75, 3.05) is 33.9 Å². The van der Waals surface area contributed by atoms with Crippen LogP contribution in [-0.2, 0) is 9.59 Å². The Hall–Kier alpha value is -2.28. The van der Waals surface area contributed by atoms with Crippen molar-refractivity contribution < 1.29 is 19.1 Å². The standard InChI is InChI=1S/C18H27N3O4/c1-12(14-5-6-16(24-3)17(9-14)25-4)21-8-7-20(13(2)22)11-15(21)10-18(19)23/h5-6,9,12,15H,7-8,10-11H2,1-4H3,(H2,19,23). The summed E-state index contributed by atoms with van der Waals surface area (Å²) in [6.45, 7) is 5.47. The van der Waals surface area contributed by atoms with Crippen LogP contribution >= 0.6 is 0 Å². The van der Waals surface area contributed by atoms with Gasteiger partial charge in [0.1, 0.15) is 0 Å². The molecule has 25 heavy (non-hydrogen) atoms. The van der Waals surface area contributed by atoms with E-state index in [0.29, 0.717) is 31.1 Å². The van der Waals surface area contributed by atoms with Gasteiger partial charge in [-0.1, -0.05) is 6.07 Å². The first kappa shape index (κ1) is 19.1. The lowest BCUT2D eigenvalue weighted by Crippen LogP contribution is -2.55. The molecule has 2 atom stereocenters. The largest absolute Gasteiger partial charge is 0.493 e. The van der Waals surface area contributed by atoms with Gasteiger partial charge in [-0.2, -0.15) is 0 Å². The maximum Gasteiger partial charge on any atom is 0.219 e. The molecule has 1 aromatic carbocycles. The van der Waals surface area contributed by atoms with Crippen molar-refractivity contribution in [2.24, 2.45) is 5.73 Å². The monoisotopic (exact) mass is 349 g/mol. The van der Waals surface area contributed by atoms with Crippen molar-refractivity contribution >= 4 is 11.8 Å². The van der Waals surface area contributed by atoms with E-state index in [9.17, 15) is 9.59 Å². The molecule has 0 bridgehead atoms. The van der Waals surface area contributed by atoms with Gasteiger partial charge in [0.05, 0.1) is 14.2 Å². The minimum Gasteiger partial charge on any atom is -0.493 e. The van der Waals surface area contributed by atoms with E-state index in [1.54, 1.807) is 26.0 Å². The molecule has 1 fully saturated rings. The number of ether oxygens (including phenoxy) is 2. The number of carbonyl (C=O) groups is 2. The molecular formula is C18H27N3O4. The summed E-state index contributed by atoms with van der Waals surface area (Å²) in [7, 11) is 3.21. The van der Waals surface area contributed by atoms with Crippen LogP contribution in [0, 0.1) is 0 Å². The Morgan fingerprint density at radius 3 is 2.48 bits per heavy atom. The van der Waals surface area contributed by atoms with Crippen LogP contribution in [0.1, 0.15) is 31.9 Å². The molecular weight excluding hydrogens is 322 g/mol. The van der Waals surface area contributed by atoms with Crippen LogP contribution in [0.3, 0.4) is 0 Å². The molecule has 1 aliphatic heterocycles. The second-order valence-electron chi connectivity index (χ2n) is 6.32. The maximum atomic E-state index is 11.7. The molecule has 1 saturated heterocycles. The first-order valence-corrected chi connectivity index (χ1v) is 8.38. The Morgan fingerprint density at radius 1 is 1.24 bits per heavy atom. The fraction of sp³-hybridized carbons (Fsp3) is 0.556. The molecule has 0 aromatic heterocycles. The van der Waals surface area contributed by atoms with Gasteiger partial charge in [-0.05, 0) is 24.6 Å². The van der Waals surface area contributed by atoms with Crippen LogP contribution in [0.25, 0.3) is 0 Å². The predicted molar refractivity (Wildman–Crippen MR) is 94.5 cm³/mol. The lowest BCUT2D eigenvalue weighted by molar-refractivity contribution is -0.134. The van der Waals surface area contributed by atoms with E-state index >= 15 is 0 Å². The number of carbonyl (C=O) groups excluding carboxylic acids is 2. The maximum absolute atomic E-state index is 11.7. The van der Waals surface area contributed by atoms with Gasteiger partial charge in [-0.15, -0.1) is 0 Å². The summed E-state index contributed by atoms with van der Waals surface area (Å²) < 4.78 is 10.7. The van der Waals surface area contributed by atoms with Crippen molar-refractivity contribution in [2.45, 2.75) is 32.4 Å². The SMILES string of the molecule is COc1ccc(C(C)N2CCN(C(C)=O)CC2CC(N)=O)cc1OC. The summed E-state index contributed by atoms with van der Waals surface area (Å²) in [5.74, 6) is 1.00. The minimum absolute atomic E-state index is 0.0212. The van der Waals surface area contributed by atoms with Gasteiger partial charge in [-0.3, -0.25) is 14.5 Å². The first-order chi connectivity index (χ1) is 11.9. The third-order valence-corrected chi connectivity index (χ3v) is 4.80. The Labute approximate surface area is 148 Å². The number of benzene rings is 1. The summed E-state index contributed by atoms with van der Waals surface area (Å²) in [6.07, 6.45) is 0.224. The molecule has 2 unspecified atom stereocenters. The van der Waals surface area contributed by atoms with Crippen LogP contribution < -0.4 is 15.2 Å². The van der Waals surface area contributed by atoms with E-state index in [4.69, 9.17) is 15.2 Å². The number of nitrogens with two attached hydrogens (primary N) is 1. The topological polar surface area (TPSA) is 85.1 Å². The lowest BCUT2D eigenvalue weighted by atomic mass is 10.00. The molecule has 2 rings (SSSR count). The fourth-order valence-corrected chi connectivity index (χ4v) is 3.38. The molecule has 2 N–H and O–H groups in total. The zero-order valence-electron chi connectivity index (χ0n) is 15.3. The number of methoxy groups -OCH3 is 2. The Kier molecular flexibility index (Phi) is 6.25. The van der Waals surface area contributed by atoms with Gasteiger partial charge in [0.2, 0.25) is 11.8 Å². The Balaban J connectivity index is 2.24. The summed E-state index contributed by atoms with van der Waals surface area (Å²) in [6, 6.07) is 5.77. The van der Waals surface area contributed by atoms with Gasteiger partial charge < -0.3 is 20.1 Å². The molecule has 138 valence electrons. The van der Waals surface area contributed by atoms with E-state index in [0.717, 1.165) is 5.56 Å². The second kappa shape index (κ2) is 8.20. The highest BCUT2D eigenvalue weighted by Crippen LogP contribution is 2.33. The predicted octanol–water partition coefficient (Wildman–Crippen LogP) is 1.17. The third-order valence-electron chi connectivity index (χ3n) is 4.80. The van der Waals surface area contributed by atoms with Crippen LogP contribution in [0.2, 0.25) is 0 Å². The zero-order valence-corrected chi connectivity index (χ0v) is 15.3. The van der Waals surface area contributed by atoms with Crippen molar-refractivity contribution in [3.8, 4) is 11.5 Å². The van der Waals surface area contributed by atoms with Crippen LogP contribution in [-0.4, -0.2) is 61.5 Å². The molecule has 0 spiro atoms. The van der Waals surface area contributed by atoms with Crippen molar-refractivity contribution in [1.29, 1.82) is 0 Å². The number of amides is 2. The lowest BCUT2D eigenvalue weighted by Gasteiger charge is -2.44. The van der Waals surface area contributed by atoms with Gasteiger partial charge in [-0.25, -0.2) is 0 Å². The normalized spacial score (nSPS) is 19.4. The Morgan fingerprint density at radius 2 is 1.92 bits per heavy atom. The highest BCUT2D eigenvalue weighted by atomic mass is 16.5. The molecule has 7 heteroatoms. The quantitative estimate of drug-likeness (QED) is 0.833. The average Bonchev–Trinajstić information content (AvgIpc) is 2.59. The third kappa shape index (κ3) is 4.42. The highest BCUT2D eigenvalue weighted by Gasteiger charge is 2.33. The summed E-state index contributed by atoms with van der Waals surface area (Å²) in [4.78, 5) is 27.2. The van der Waals surface area contributed by atoms with E-state index in [1.807, 2.05) is 18.2 Å². The van der Waals surface area contributed by atoms with Crippen LogP contribution in [0.15, 0.2) is 18.2 Å². The van der Waals surface area contributed by atoms with E-state index in [-0.39, 0.29) is 30.3 Å². The minimum atomic E-state index is -0.361. The fourth-order valence-electron chi connectivity index (χ4n) is 3.38. The number of rotatable bonds is 6. The smallest absolute Gasteiger partial charge is 0.219 e. The van der Waals surface area contributed by atoms with Crippen LogP contribution in [0.5, 0.6) is 11.5 Å². The van der Waals surface area contributed by atoms with Gasteiger partial charge >= 0.3 is 0 Å². The summed E-state index contributed by atoms with van der Waals surface area (Å²) in [5.41, 5.74) is 6.48. The summed E-state index contributed by atoms with van der Waals surface area (Å²) >= 11 is 0. The molecule has 2 amide bonds. The molecule has 7 nitrogen and oxygen atoms in total. The van der Waals surface area contributed by atoms with E-state index < -0.39 is 0 Å². The summed E-state index contributed by atoms with van der Waals surface area (Å²) in [5, 5.41) is 0. The van der Waals surface area contributed by atoms with Crippen molar-refractivity contribution in [3.05, 3.63) is 23.8 Å². The van der Waals surface area contributed by atoms with Gasteiger partial charge in [0, 0.05) is 45.1 Å². The molecule has 0 saturated carbocycles. The number of hydrogen-bond donors (Lipinski definition) is 1. The number of primary amides is 1. The zero-order chi connectivity index (χ0) is 18.6. The molecule has 1 heterocycles. The molecule has 1 aromatic rings. The first-order valence-electron chi connectivity index (χ1n) is 8.38. The number of hydrogen-bond acceptors (Lipinski definition) is 5. The van der Waals surface area contributed by atoms with Gasteiger partial charge in [0.25, 0.3) is 0 Å². The number of piperazine rings is 1. The van der Waals surface area contributed by atoms with Gasteiger partial charge in [0.15, 0.2) is 11.5 Å². The van der Waals surface area contributed by atoms with Crippen molar-refractivity contribution in [3.63, 3.8) is 0 Å². The van der Waals surface area contributed by atoms with E-state index in [2.05, 4.69) is 11.8 Å².